The summed E-state index contributed by atoms with van der Waals surface area (Å²) in [7, 11) is 0. The summed E-state index contributed by atoms with van der Waals surface area (Å²) in [6.07, 6.45) is 2.00. The lowest BCUT2D eigenvalue weighted by Gasteiger charge is -2.11. The van der Waals surface area contributed by atoms with E-state index in [2.05, 4.69) is 62.2 Å². The maximum atomic E-state index is 4.65. The molecule has 0 N–H and O–H groups in total. The topological polar surface area (TPSA) is 12.9 Å². The summed E-state index contributed by atoms with van der Waals surface area (Å²) in [6, 6.07) is 19.1. The summed E-state index contributed by atoms with van der Waals surface area (Å²) in [5.74, 6) is 0. The van der Waals surface area contributed by atoms with E-state index in [1.807, 2.05) is 24.4 Å². The Morgan fingerprint density at radius 3 is 2.10 bits per heavy atom. The van der Waals surface area contributed by atoms with E-state index in [9.17, 15) is 0 Å². The number of aryl methyl sites for hydroxylation is 3. The van der Waals surface area contributed by atoms with Crippen molar-refractivity contribution in [2.45, 2.75) is 20.8 Å². The molecule has 104 valence electrons. The molecule has 1 heterocycles. The number of pyridine rings is 1. The molecule has 3 aromatic rings. The minimum absolute atomic E-state index is 1.03. The van der Waals surface area contributed by atoms with Gasteiger partial charge in [-0.15, -0.1) is 0 Å². The fourth-order valence-electron chi connectivity index (χ4n) is 2.72. The van der Waals surface area contributed by atoms with Crippen molar-refractivity contribution in [1.82, 2.24) is 4.98 Å². The van der Waals surface area contributed by atoms with Gasteiger partial charge in [-0.05, 0) is 43.5 Å². The molecule has 2 aromatic carbocycles. The second kappa shape index (κ2) is 5.53. The van der Waals surface area contributed by atoms with Crippen molar-refractivity contribution in [3.05, 3.63) is 77.5 Å². The van der Waals surface area contributed by atoms with Crippen LogP contribution in [0.25, 0.3) is 22.4 Å². The molecule has 1 aromatic heterocycles. The molecule has 21 heavy (non-hydrogen) atoms. The molecule has 0 aliphatic rings. The van der Waals surface area contributed by atoms with Gasteiger partial charge in [0.2, 0.25) is 0 Å². The van der Waals surface area contributed by atoms with Crippen LogP contribution in [0.2, 0.25) is 0 Å². The number of hydrogen-bond acceptors (Lipinski definition) is 1. The molecule has 1 heteroatoms. The number of benzene rings is 2. The summed E-state index contributed by atoms with van der Waals surface area (Å²) >= 11 is 0. The first-order valence-electron chi connectivity index (χ1n) is 7.25. The zero-order valence-electron chi connectivity index (χ0n) is 12.7. The smallest absolute Gasteiger partial charge is 0.0705 e. The third-order valence-electron chi connectivity index (χ3n) is 3.85. The van der Waals surface area contributed by atoms with E-state index in [4.69, 9.17) is 0 Å². The van der Waals surface area contributed by atoms with Crippen LogP contribution >= 0.6 is 0 Å². The summed E-state index contributed by atoms with van der Waals surface area (Å²) in [4.78, 5) is 4.65. The van der Waals surface area contributed by atoms with Crippen molar-refractivity contribution >= 4 is 0 Å². The number of hydrogen-bond donors (Lipinski definition) is 0. The molecule has 3 rings (SSSR count). The average molecular weight is 273 g/mol. The molecule has 0 bridgehead atoms. The molecule has 0 radical (unpaired) electrons. The monoisotopic (exact) mass is 273 g/mol. The fraction of sp³-hybridized carbons (Fsp3) is 0.150. The van der Waals surface area contributed by atoms with Crippen LogP contribution in [0.5, 0.6) is 0 Å². The molecular formula is C20H19N. The van der Waals surface area contributed by atoms with Gasteiger partial charge < -0.3 is 0 Å². The molecule has 0 amide bonds. The number of rotatable bonds is 2. The highest BCUT2D eigenvalue weighted by Crippen LogP contribution is 2.29. The molecule has 0 spiro atoms. The van der Waals surface area contributed by atoms with Gasteiger partial charge in [-0.2, -0.15) is 0 Å². The Morgan fingerprint density at radius 2 is 1.43 bits per heavy atom. The van der Waals surface area contributed by atoms with Gasteiger partial charge in [-0.3, -0.25) is 4.98 Å². The van der Waals surface area contributed by atoms with Crippen LogP contribution in [0.15, 0.2) is 60.8 Å². The van der Waals surface area contributed by atoms with Crippen LogP contribution < -0.4 is 0 Å². The van der Waals surface area contributed by atoms with E-state index in [-0.39, 0.29) is 0 Å². The molecule has 0 atom stereocenters. The minimum Gasteiger partial charge on any atom is -0.256 e. The van der Waals surface area contributed by atoms with Crippen molar-refractivity contribution in [3.8, 4) is 22.4 Å². The molecule has 0 fully saturated rings. The quantitative estimate of drug-likeness (QED) is 0.614. The number of nitrogens with zero attached hydrogens (tertiary/aromatic N) is 1. The Labute approximate surface area is 126 Å². The minimum atomic E-state index is 1.03. The Hall–Kier alpha value is -2.41. The van der Waals surface area contributed by atoms with Crippen molar-refractivity contribution in [2.24, 2.45) is 0 Å². The maximum absolute atomic E-state index is 4.65. The van der Waals surface area contributed by atoms with E-state index < -0.39 is 0 Å². The summed E-state index contributed by atoms with van der Waals surface area (Å²) < 4.78 is 0. The van der Waals surface area contributed by atoms with Crippen LogP contribution in [0, 0.1) is 20.8 Å². The van der Waals surface area contributed by atoms with E-state index in [0.717, 1.165) is 11.3 Å². The van der Waals surface area contributed by atoms with Crippen LogP contribution in [0.4, 0.5) is 0 Å². The molecule has 0 aliphatic heterocycles. The highest BCUT2D eigenvalue weighted by molar-refractivity contribution is 5.72. The molecule has 0 saturated heterocycles. The van der Waals surface area contributed by atoms with Crippen LogP contribution in [0.3, 0.4) is 0 Å². The lowest BCUT2D eigenvalue weighted by atomic mass is 9.96. The fourth-order valence-corrected chi connectivity index (χ4v) is 2.72. The highest BCUT2D eigenvalue weighted by atomic mass is 14.7. The lowest BCUT2D eigenvalue weighted by Crippen LogP contribution is -1.92. The van der Waals surface area contributed by atoms with Crippen molar-refractivity contribution in [1.29, 1.82) is 0 Å². The Bertz CT molecular complexity index is 773. The van der Waals surface area contributed by atoms with Crippen molar-refractivity contribution < 1.29 is 0 Å². The van der Waals surface area contributed by atoms with Crippen molar-refractivity contribution in [2.75, 3.05) is 0 Å². The second-order valence-corrected chi connectivity index (χ2v) is 5.57. The van der Waals surface area contributed by atoms with Gasteiger partial charge in [-0.25, -0.2) is 0 Å². The van der Waals surface area contributed by atoms with E-state index in [1.54, 1.807) is 0 Å². The first-order chi connectivity index (χ1) is 10.1. The molecular weight excluding hydrogens is 254 g/mol. The summed E-state index contributed by atoms with van der Waals surface area (Å²) in [5.41, 5.74) is 8.53. The molecule has 0 aliphatic carbocycles. The van der Waals surface area contributed by atoms with E-state index >= 15 is 0 Å². The second-order valence-electron chi connectivity index (χ2n) is 5.57. The van der Waals surface area contributed by atoms with Gasteiger partial charge in [0.1, 0.15) is 0 Å². The van der Waals surface area contributed by atoms with Crippen LogP contribution in [0.1, 0.15) is 16.7 Å². The Balaban J connectivity index is 2.06. The van der Waals surface area contributed by atoms with Crippen LogP contribution in [-0.4, -0.2) is 4.98 Å². The van der Waals surface area contributed by atoms with Gasteiger partial charge in [0.05, 0.1) is 5.69 Å². The Kier molecular flexibility index (Phi) is 3.57. The zero-order chi connectivity index (χ0) is 14.8. The predicted molar refractivity (Wildman–Crippen MR) is 89.3 cm³/mol. The van der Waals surface area contributed by atoms with Crippen molar-refractivity contribution in [3.63, 3.8) is 0 Å². The predicted octanol–water partition coefficient (Wildman–Crippen LogP) is 5.34. The normalized spacial score (nSPS) is 10.6. The highest BCUT2D eigenvalue weighted by Gasteiger charge is 2.08. The zero-order valence-corrected chi connectivity index (χ0v) is 12.7. The third-order valence-corrected chi connectivity index (χ3v) is 3.85. The molecule has 0 unspecified atom stereocenters. The number of aromatic nitrogens is 1. The standard InChI is InChI=1S/C20H19N/c1-14-9-10-18(15(2)11-14)19-13-21-20(12-16(19)3)17-7-5-4-6-8-17/h4-13H,1-3H3. The first-order valence-corrected chi connectivity index (χ1v) is 7.25. The summed E-state index contributed by atoms with van der Waals surface area (Å²) in [6.45, 7) is 6.44. The van der Waals surface area contributed by atoms with E-state index in [1.165, 1.54) is 27.8 Å². The van der Waals surface area contributed by atoms with Gasteiger partial charge in [0.25, 0.3) is 0 Å². The average Bonchev–Trinajstić information content (AvgIpc) is 2.49. The largest absolute Gasteiger partial charge is 0.256 e. The van der Waals surface area contributed by atoms with Gasteiger partial charge >= 0.3 is 0 Å². The van der Waals surface area contributed by atoms with Crippen LogP contribution in [-0.2, 0) is 0 Å². The summed E-state index contributed by atoms with van der Waals surface area (Å²) in [5, 5.41) is 0. The SMILES string of the molecule is Cc1ccc(-c2cnc(-c3ccccc3)cc2C)c(C)c1. The molecule has 1 nitrogen and oxygen atoms in total. The third kappa shape index (κ3) is 2.73. The lowest BCUT2D eigenvalue weighted by molar-refractivity contribution is 1.27. The maximum Gasteiger partial charge on any atom is 0.0705 e. The first kappa shape index (κ1) is 13.6. The molecule has 0 saturated carbocycles. The van der Waals surface area contributed by atoms with Gasteiger partial charge in [-0.1, -0.05) is 54.1 Å². The van der Waals surface area contributed by atoms with E-state index in [0.29, 0.717) is 0 Å². The van der Waals surface area contributed by atoms with Gasteiger partial charge in [0.15, 0.2) is 0 Å². The van der Waals surface area contributed by atoms with Gasteiger partial charge in [0, 0.05) is 17.3 Å². The Morgan fingerprint density at radius 1 is 0.714 bits per heavy atom.